The predicted molar refractivity (Wildman–Crippen MR) is 53.0 cm³/mol. The lowest BCUT2D eigenvalue weighted by Gasteiger charge is -2.06. The van der Waals surface area contributed by atoms with E-state index in [9.17, 15) is 4.39 Å². The van der Waals surface area contributed by atoms with Gasteiger partial charge < -0.3 is 15.2 Å². The van der Waals surface area contributed by atoms with Crippen molar-refractivity contribution in [3.63, 3.8) is 0 Å². The van der Waals surface area contributed by atoms with Crippen LogP contribution in [0.4, 0.5) is 10.3 Å². The third kappa shape index (κ3) is 4.07. The van der Waals surface area contributed by atoms with Crippen molar-refractivity contribution in [3.8, 4) is 5.88 Å². The second-order valence-corrected chi connectivity index (χ2v) is 2.84. The number of nitrogens with two attached hydrogens (primary N) is 1. The van der Waals surface area contributed by atoms with E-state index >= 15 is 0 Å². The molecule has 1 aromatic heterocycles. The molecule has 5 nitrogen and oxygen atoms in total. The Hall–Kier alpha value is -1.43. The van der Waals surface area contributed by atoms with Crippen LogP contribution in [0.5, 0.6) is 5.88 Å². The smallest absolute Gasteiger partial charge is 0.255 e. The fourth-order valence-corrected chi connectivity index (χ4v) is 0.909. The number of hydrogen-bond donors (Lipinski definition) is 1. The molecule has 0 bridgehead atoms. The molecule has 1 rings (SSSR count). The van der Waals surface area contributed by atoms with E-state index in [0.29, 0.717) is 13.2 Å². The third-order valence-electron chi connectivity index (χ3n) is 1.55. The summed E-state index contributed by atoms with van der Waals surface area (Å²) < 4.78 is 23.2. The summed E-state index contributed by atoms with van der Waals surface area (Å²) in [7, 11) is 0. The first kappa shape index (κ1) is 11.6. The molecule has 6 heteroatoms. The highest BCUT2D eigenvalue weighted by molar-refractivity contribution is 5.22. The maximum Gasteiger partial charge on any atom is 0.255 e. The van der Waals surface area contributed by atoms with Gasteiger partial charge in [0.15, 0.2) is 0 Å². The number of nitrogens with zero attached hydrogens (tertiary/aromatic N) is 2. The number of ether oxygens (including phenoxy) is 2. The van der Waals surface area contributed by atoms with E-state index in [1.54, 1.807) is 0 Å². The second-order valence-electron chi connectivity index (χ2n) is 2.84. The Morgan fingerprint density at radius 1 is 1.40 bits per heavy atom. The molecule has 0 atom stereocenters. The molecule has 15 heavy (non-hydrogen) atoms. The molecule has 0 aliphatic carbocycles. The first-order valence-electron chi connectivity index (χ1n) is 4.72. The van der Waals surface area contributed by atoms with Crippen molar-refractivity contribution >= 4 is 5.95 Å². The van der Waals surface area contributed by atoms with Gasteiger partial charge in [-0.1, -0.05) is 6.92 Å². The van der Waals surface area contributed by atoms with E-state index in [2.05, 4.69) is 9.97 Å². The first-order valence-corrected chi connectivity index (χ1v) is 4.72. The van der Waals surface area contributed by atoms with Crippen LogP contribution in [0.15, 0.2) is 6.20 Å². The lowest BCUT2D eigenvalue weighted by Crippen LogP contribution is -2.10. The molecule has 0 aliphatic heterocycles. The van der Waals surface area contributed by atoms with Crippen molar-refractivity contribution in [2.45, 2.75) is 13.3 Å². The van der Waals surface area contributed by atoms with Gasteiger partial charge >= 0.3 is 0 Å². The number of anilines is 1. The Kier molecular flexibility index (Phi) is 4.76. The Bertz CT molecular complexity index is 309. The van der Waals surface area contributed by atoms with E-state index in [1.165, 1.54) is 0 Å². The van der Waals surface area contributed by atoms with Gasteiger partial charge in [0.25, 0.3) is 5.88 Å². The second kappa shape index (κ2) is 6.13. The summed E-state index contributed by atoms with van der Waals surface area (Å²) in [5.41, 5.74) is 5.28. The van der Waals surface area contributed by atoms with Crippen LogP contribution in [0.2, 0.25) is 0 Å². The van der Waals surface area contributed by atoms with Gasteiger partial charge in [0, 0.05) is 6.61 Å². The number of nitrogen functional groups attached to an aromatic ring is 1. The highest BCUT2D eigenvalue weighted by Gasteiger charge is 2.05. The topological polar surface area (TPSA) is 70.3 Å². The summed E-state index contributed by atoms with van der Waals surface area (Å²) in [6.07, 6.45) is 1.92. The third-order valence-corrected chi connectivity index (χ3v) is 1.55. The highest BCUT2D eigenvalue weighted by Crippen LogP contribution is 2.12. The van der Waals surface area contributed by atoms with Crippen molar-refractivity contribution in [1.82, 2.24) is 9.97 Å². The minimum atomic E-state index is -0.625. The van der Waals surface area contributed by atoms with Crippen molar-refractivity contribution in [3.05, 3.63) is 12.0 Å². The van der Waals surface area contributed by atoms with Crippen LogP contribution in [0.1, 0.15) is 13.3 Å². The van der Waals surface area contributed by atoms with Gasteiger partial charge in [0.1, 0.15) is 6.61 Å². The Morgan fingerprint density at radius 3 is 2.93 bits per heavy atom. The molecule has 0 aliphatic rings. The molecule has 0 saturated heterocycles. The van der Waals surface area contributed by atoms with Gasteiger partial charge in [0.05, 0.1) is 12.8 Å². The van der Waals surface area contributed by atoms with Crippen LogP contribution in [0.25, 0.3) is 0 Å². The molecule has 1 heterocycles. The number of hydrogen-bond acceptors (Lipinski definition) is 5. The van der Waals surface area contributed by atoms with Gasteiger partial charge in [0.2, 0.25) is 11.8 Å². The molecular weight excluding hydrogens is 201 g/mol. The number of rotatable bonds is 6. The minimum absolute atomic E-state index is 0.0131. The largest absolute Gasteiger partial charge is 0.473 e. The average Bonchev–Trinajstić information content (AvgIpc) is 2.23. The fraction of sp³-hybridized carbons (Fsp3) is 0.556. The number of halogens is 1. The molecule has 0 radical (unpaired) electrons. The number of aromatic nitrogens is 2. The predicted octanol–water partition coefficient (Wildman–Crippen LogP) is 1.00. The molecule has 0 fully saturated rings. The monoisotopic (exact) mass is 215 g/mol. The molecular formula is C9H14FN3O2. The minimum Gasteiger partial charge on any atom is -0.473 e. The van der Waals surface area contributed by atoms with Crippen LogP contribution in [0.3, 0.4) is 0 Å². The summed E-state index contributed by atoms with van der Waals surface area (Å²) >= 11 is 0. The lowest BCUT2D eigenvalue weighted by atomic mass is 10.5. The van der Waals surface area contributed by atoms with Gasteiger partial charge in [-0.15, -0.1) is 0 Å². The normalized spacial score (nSPS) is 10.3. The molecule has 0 saturated carbocycles. The zero-order valence-electron chi connectivity index (χ0n) is 8.57. The molecule has 0 spiro atoms. The van der Waals surface area contributed by atoms with E-state index in [0.717, 1.165) is 12.6 Å². The molecule has 1 aromatic rings. The van der Waals surface area contributed by atoms with Crippen molar-refractivity contribution in [2.24, 2.45) is 0 Å². The quantitative estimate of drug-likeness (QED) is 0.717. The Labute approximate surface area is 87.4 Å². The van der Waals surface area contributed by atoms with E-state index in [1.807, 2.05) is 6.92 Å². The zero-order chi connectivity index (χ0) is 11.1. The van der Waals surface area contributed by atoms with Crippen LogP contribution in [0, 0.1) is 5.82 Å². The van der Waals surface area contributed by atoms with Crippen LogP contribution >= 0.6 is 0 Å². The average molecular weight is 215 g/mol. The van der Waals surface area contributed by atoms with Crippen molar-refractivity contribution in [1.29, 1.82) is 0 Å². The van der Waals surface area contributed by atoms with Gasteiger partial charge in [-0.25, -0.2) is 4.98 Å². The maximum atomic E-state index is 13.0. The van der Waals surface area contributed by atoms with Crippen molar-refractivity contribution < 1.29 is 13.9 Å². The summed E-state index contributed by atoms with van der Waals surface area (Å²) in [4.78, 5) is 7.08. The molecule has 84 valence electrons. The van der Waals surface area contributed by atoms with E-state index in [-0.39, 0.29) is 18.4 Å². The summed E-state index contributed by atoms with van der Waals surface area (Å²) in [6.45, 7) is 3.31. The lowest BCUT2D eigenvalue weighted by molar-refractivity contribution is 0.0973. The van der Waals surface area contributed by atoms with E-state index < -0.39 is 5.82 Å². The molecule has 2 N–H and O–H groups in total. The Balaban J connectivity index is 2.33. The summed E-state index contributed by atoms with van der Waals surface area (Å²) in [5.74, 6) is -0.775. The first-order chi connectivity index (χ1) is 7.24. The SMILES string of the molecule is CCCOCCOc1nc(N)ncc1F. The molecule has 0 unspecified atom stereocenters. The van der Waals surface area contributed by atoms with Gasteiger partial charge in [-0.05, 0) is 6.42 Å². The zero-order valence-corrected chi connectivity index (χ0v) is 8.57. The van der Waals surface area contributed by atoms with Crippen molar-refractivity contribution in [2.75, 3.05) is 25.6 Å². The highest BCUT2D eigenvalue weighted by atomic mass is 19.1. The van der Waals surface area contributed by atoms with Gasteiger partial charge in [-0.2, -0.15) is 9.37 Å². The van der Waals surface area contributed by atoms with E-state index in [4.69, 9.17) is 15.2 Å². The summed E-state index contributed by atoms with van der Waals surface area (Å²) in [6, 6.07) is 0. The fourth-order valence-electron chi connectivity index (χ4n) is 0.909. The standard InChI is InChI=1S/C9H14FN3O2/c1-2-3-14-4-5-15-8-7(10)6-12-9(11)13-8/h6H,2-5H2,1H3,(H2,11,12,13). The molecule has 0 aromatic carbocycles. The Morgan fingerprint density at radius 2 is 2.20 bits per heavy atom. The van der Waals surface area contributed by atoms with Gasteiger partial charge in [-0.3, -0.25) is 0 Å². The summed E-state index contributed by atoms with van der Waals surface area (Å²) in [5, 5.41) is 0. The maximum absolute atomic E-state index is 13.0. The van der Waals surface area contributed by atoms with Crippen LogP contribution < -0.4 is 10.5 Å². The molecule has 0 amide bonds. The van der Waals surface area contributed by atoms with Crippen LogP contribution in [-0.4, -0.2) is 29.8 Å². The van der Waals surface area contributed by atoms with Crippen LogP contribution in [-0.2, 0) is 4.74 Å².